The molecule has 1 aromatic carbocycles. The van der Waals surface area contributed by atoms with Gasteiger partial charge in [0.2, 0.25) is 0 Å². The molecule has 0 aliphatic heterocycles. The van der Waals surface area contributed by atoms with Crippen LogP contribution in [0.1, 0.15) is 16.8 Å². The van der Waals surface area contributed by atoms with Crippen LogP contribution >= 0.6 is 24.4 Å². The van der Waals surface area contributed by atoms with E-state index in [9.17, 15) is 9.18 Å². The zero-order valence-corrected chi connectivity index (χ0v) is 10.7. The Morgan fingerprint density at radius 3 is 3.00 bits per heavy atom. The molecule has 0 aromatic heterocycles. The Kier molecular flexibility index (Phi) is 5.69. The normalized spacial score (nSPS) is 10.2. The average Bonchev–Trinajstić information content (AvgIpc) is 2.27. The van der Waals surface area contributed by atoms with E-state index in [1.54, 1.807) is 11.8 Å². The number of benzene rings is 1. The fourth-order valence-electron chi connectivity index (χ4n) is 1.20. The minimum absolute atomic E-state index is 0.0525. The van der Waals surface area contributed by atoms with Crippen molar-refractivity contribution < 1.29 is 9.18 Å². The molecule has 0 saturated carbocycles. The van der Waals surface area contributed by atoms with Gasteiger partial charge in [-0.15, -0.1) is 12.6 Å². The number of rotatable bonds is 5. The molecule has 1 rings (SSSR count). The van der Waals surface area contributed by atoms with Crippen molar-refractivity contribution in [2.75, 3.05) is 18.6 Å². The molecule has 0 bridgehead atoms. The smallest absolute Gasteiger partial charge is 0.254 e. The third kappa shape index (κ3) is 4.06. The van der Waals surface area contributed by atoms with Gasteiger partial charge in [0.25, 0.3) is 5.91 Å². The Hall–Kier alpha value is -0.680. The van der Waals surface area contributed by atoms with Gasteiger partial charge in [0, 0.05) is 11.4 Å². The molecule has 88 valence electrons. The van der Waals surface area contributed by atoms with Gasteiger partial charge in [-0.2, -0.15) is 11.8 Å². The highest BCUT2D eigenvalue weighted by atomic mass is 32.2. The minimum atomic E-state index is -0.514. The van der Waals surface area contributed by atoms with Crippen molar-refractivity contribution in [1.82, 2.24) is 5.32 Å². The van der Waals surface area contributed by atoms with E-state index in [0.29, 0.717) is 11.4 Å². The van der Waals surface area contributed by atoms with Gasteiger partial charge in [-0.1, -0.05) is 0 Å². The second kappa shape index (κ2) is 6.81. The molecule has 0 atom stereocenters. The first-order chi connectivity index (χ1) is 7.65. The van der Waals surface area contributed by atoms with Crippen LogP contribution in [0, 0.1) is 5.82 Å². The fraction of sp³-hybridized carbons (Fsp3) is 0.364. The maximum atomic E-state index is 13.3. The molecule has 1 aromatic rings. The number of hydrogen-bond donors (Lipinski definition) is 2. The Balaban J connectivity index is 2.55. The highest BCUT2D eigenvalue weighted by Gasteiger charge is 2.10. The van der Waals surface area contributed by atoms with Crippen LogP contribution in [-0.4, -0.2) is 24.5 Å². The van der Waals surface area contributed by atoms with Gasteiger partial charge in [-0.05, 0) is 36.6 Å². The fourth-order valence-corrected chi connectivity index (χ4v) is 1.84. The first-order valence-electron chi connectivity index (χ1n) is 4.91. The average molecular weight is 259 g/mol. The lowest BCUT2D eigenvalue weighted by Crippen LogP contribution is -2.25. The Morgan fingerprint density at radius 2 is 2.31 bits per heavy atom. The number of amides is 1. The predicted octanol–water partition coefficient (Wildman–Crippen LogP) is 2.60. The number of nitrogens with one attached hydrogen (secondary N) is 1. The van der Waals surface area contributed by atoms with Gasteiger partial charge in [0.05, 0.1) is 5.56 Å². The molecule has 16 heavy (non-hydrogen) atoms. The summed E-state index contributed by atoms with van der Waals surface area (Å²) in [5.41, 5.74) is 0.0525. The van der Waals surface area contributed by atoms with E-state index in [2.05, 4.69) is 17.9 Å². The summed E-state index contributed by atoms with van der Waals surface area (Å²) < 4.78 is 13.3. The first-order valence-corrected chi connectivity index (χ1v) is 6.75. The third-order valence-electron chi connectivity index (χ3n) is 2.01. The summed E-state index contributed by atoms with van der Waals surface area (Å²) in [6, 6.07) is 4.20. The Bertz CT molecular complexity index is 371. The first kappa shape index (κ1) is 13.4. The van der Waals surface area contributed by atoms with Crippen LogP contribution < -0.4 is 5.32 Å². The number of thiol groups is 1. The van der Waals surface area contributed by atoms with E-state index in [1.165, 1.54) is 18.2 Å². The molecule has 0 unspecified atom stereocenters. The molecule has 0 spiro atoms. The SMILES string of the molecule is CSCCCNC(=O)c1cc(S)ccc1F. The molecular formula is C11H14FNOS2. The van der Waals surface area contributed by atoms with Gasteiger partial charge in [0.15, 0.2) is 0 Å². The summed E-state index contributed by atoms with van der Waals surface area (Å²) >= 11 is 5.79. The van der Waals surface area contributed by atoms with Crippen LogP contribution in [0.25, 0.3) is 0 Å². The number of thioether (sulfide) groups is 1. The molecule has 0 heterocycles. The van der Waals surface area contributed by atoms with E-state index in [-0.39, 0.29) is 11.5 Å². The maximum absolute atomic E-state index is 13.3. The molecule has 0 fully saturated rings. The van der Waals surface area contributed by atoms with E-state index in [1.807, 2.05) is 6.26 Å². The Labute approximate surface area is 104 Å². The summed E-state index contributed by atoms with van der Waals surface area (Å²) in [6.45, 7) is 0.565. The number of carbonyl (C=O) groups is 1. The maximum Gasteiger partial charge on any atom is 0.254 e. The van der Waals surface area contributed by atoms with Crippen molar-refractivity contribution in [3.8, 4) is 0 Å². The van der Waals surface area contributed by atoms with Crippen LogP contribution in [0.2, 0.25) is 0 Å². The Morgan fingerprint density at radius 1 is 1.56 bits per heavy atom. The summed E-state index contributed by atoms with van der Waals surface area (Å²) in [7, 11) is 0. The predicted molar refractivity (Wildman–Crippen MR) is 69.0 cm³/mol. The van der Waals surface area contributed by atoms with Crippen molar-refractivity contribution in [1.29, 1.82) is 0 Å². The van der Waals surface area contributed by atoms with Crippen LogP contribution in [0.4, 0.5) is 4.39 Å². The second-order valence-corrected chi connectivity index (χ2v) is 4.77. The van der Waals surface area contributed by atoms with E-state index in [0.717, 1.165) is 12.2 Å². The van der Waals surface area contributed by atoms with Crippen LogP contribution in [-0.2, 0) is 0 Å². The monoisotopic (exact) mass is 259 g/mol. The third-order valence-corrected chi connectivity index (χ3v) is 2.98. The summed E-state index contributed by atoms with van der Waals surface area (Å²) in [4.78, 5) is 12.2. The summed E-state index contributed by atoms with van der Waals surface area (Å²) in [5.74, 6) is 0.0877. The lowest BCUT2D eigenvalue weighted by molar-refractivity contribution is 0.0949. The quantitative estimate of drug-likeness (QED) is 0.628. The largest absolute Gasteiger partial charge is 0.352 e. The molecule has 1 N–H and O–H groups in total. The molecule has 0 aliphatic carbocycles. The lowest BCUT2D eigenvalue weighted by atomic mass is 10.2. The van der Waals surface area contributed by atoms with Crippen molar-refractivity contribution in [3.63, 3.8) is 0 Å². The molecule has 2 nitrogen and oxygen atoms in total. The lowest BCUT2D eigenvalue weighted by Gasteiger charge is -2.06. The van der Waals surface area contributed by atoms with Crippen LogP contribution in [0.5, 0.6) is 0 Å². The highest BCUT2D eigenvalue weighted by molar-refractivity contribution is 7.98. The van der Waals surface area contributed by atoms with Gasteiger partial charge < -0.3 is 5.32 Å². The molecule has 0 aliphatic rings. The summed E-state index contributed by atoms with van der Waals surface area (Å²) in [6.07, 6.45) is 2.89. The van der Waals surface area contributed by atoms with Crippen molar-refractivity contribution >= 4 is 30.3 Å². The summed E-state index contributed by atoms with van der Waals surface area (Å²) in [5, 5.41) is 2.68. The minimum Gasteiger partial charge on any atom is -0.352 e. The molecular weight excluding hydrogens is 245 g/mol. The van der Waals surface area contributed by atoms with Gasteiger partial charge in [0.1, 0.15) is 5.82 Å². The van der Waals surface area contributed by atoms with Crippen molar-refractivity contribution in [2.45, 2.75) is 11.3 Å². The van der Waals surface area contributed by atoms with Gasteiger partial charge >= 0.3 is 0 Å². The van der Waals surface area contributed by atoms with E-state index >= 15 is 0 Å². The molecule has 0 radical (unpaired) electrons. The molecule has 1 amide bonds. The van der Waals surface area contributed by atoms with E-state index in [4.69, 9.17) is 0 Å². The number of carbonyl (C=O) groups excluding carboxylic acids is 1. The second-order valence-electron chi connectivity index (χ2n) is 3.27. The number of hydrogen-bond acceptors (Lipinski definition) is 3. The zero-order chi connectivity index (χ0) is 12.0. The van der Waals surface area contributed by atoms with Crippen molar-refractivity contribution in [3.05, 3.63) is 29.6 Å². The van der Waals surface area contributed by atoms with Crippen molar-refractivity contribution in [2.24, 2.45) is 0 Å². The van der Waals surface area contributed by atoms with Crippen LogP contribution in [0.3, 0.4) is 0 Å². The highest BCUT2D eigenvalue weighted by Crippen LogP contribution is 2.13. The number of halogens is 1. The topological polar surface area (TPSA) is 29.1 Å². The van der Waals surface area contributed by atoms with Gasteiger partial charge in [-0.25, -0.2) is 4.39 Å². The van der Waals surface area contributed by atoms with Gasteiger partial charge in [-0.3, -0.25) is 4.79 Å². The molecule has 5 heteroatoms. The van der Waals surface area contributed by atoms with E-state index < -0.39 is 5.82 Å². The van der Waals surface area contributed by atoms with Crippen LogP contribution in [0.15, 0.2) is 23.1 Å². The zero-order valence-electron chi connectivity index (χ0n) is 9.00. The molecule has 0 saturated heterocycles. The standard InChI is InChI=1S/C11H14FNOS2/c1-16-6-2-5-13-11(14)9-7-8(15)3-4-10(9)12/h3-4,7,15H,2,5-6H2,1H3,(H,13,14).